The van der Waals surface area contributed by atoms with E-state index in [2.05, 4.69) is 16.1 Å². The molecule has 0 fully saturated rings. The average molecular weight is 662 g/mol. The number of hydrogen-bond donors (Lipinski definition) is 3. The molecule has 1 aliphatic heterocycles. The molecular formula is C33H23ClF3N5O5. The van der Waals surface area contributed by atoms with Crippen molar-refractivity contribution in [2.75, 3.05) is 10.6 Å². The quantitative estimate of drug-likeness (QED) is 0.137. The van der Waals surface area contributed by atoms with Crippen LogP contribution in [0.1, 0.15) is 48.5 Å². The number of nitro benzene ring substituents is 1. The molecule has 10 nitrogen and oxygen atoms in total. The van der Waals surface area contributed by atoms with E-state index in [0.717, 1.165) is 18.2 Å². The van der Waals surface area contributed by atoms with Crippen LogP contribution < -0.4 is 16.1 Å². The number of non-ortho nitro benzene ring substituents is 1. The summed E-state index contributed by atoms with van der Waals surface area (Å²) in [5, 5.41) is 26.1. The Bertz CT molecular complexity index is 1970. The van der Waals surface area contributed by atoms with E-state index in [1.807, 2.05) is 6.07 Å². The molecule has 3 N–H and O–H groups in total. The highest BCUT2D eigenvalue weighted by Crippen LogP contribution is 2.48. The van der Waals surface area contributed by atoms with Crippen molar-refractivity contribution in [3.05, 3.63) is 139 Å². The zero-order valence-corrected chi connectivity index (χ0v) is 25.3. The van der Waals surface area contributed by atoms with Crippen molar-refractivity contribution >= 4 is 46.2 Å². The number of hydroxylamine groups is 1. The predicted octanol–water partition coefficient (Wildman–Crippen LogP) is 7.57. The minimum atomic E-state index is -4.87. The van der Waals surface area contributed by atoms with Gasteiger partial charge in [0.05, 0.1) is 21.9 Å². The van der Waals surface area contributed by atoms with Gasteiger partial charge in [-0.2, -0.15) is 18.4 Å². The van der Waals surface area contributed by atoms with Crippen molar-refractivity contribution in [1.29, 1.82) is 5.26 Å². The maximum atomic E-state index is 14.6. The lowest BCUT2D eigenvalue weighted by atomic mass is 9.88. The Morgan fingerprint density at radius 2 is 1.53 bits per heavy atom. The second-order valence-electron chi connectivity index (χ2n) is 10.6. The summed E-state index contributed by atoms with van der Waals surface area (Å²) in [6.07, 6.45) is -3.92. The number of nitriles is 1. The van der Waals surface area contributed by atoms with Crippen molar-refractivity contribution < 1.29 is 32.5 Å². The van der Waals surface area contributed by atoms with Crippen LogP contribution in [0.2, 0.25) is 5.02 Å². The Labute approximate surface area is 270 Å². The molecule has 1 unspecified atom stereocenters. The second kappa shape index (κ2) is 12.6. The van der Waals surface area contributed by atoms with Crippen LogP contribution in [0.5, 0.6) is 0 Å². The minimum Gasteiger partial charge on any atom is -0.322 e. The lowest BCUT2D eigenvalue weighted by Crippen LogP contribution is -2.42. The Morgan fingerprint density at radius 1 is 0.936 bits per heavy atom. The van der Waals surface area contributed by atoms with E-state index in [4.69, 9.17) is 16.4 Å². The van der Waals surface area contributed by atoms with Crippen LogP contribution in [0.25, 0.3) is 5.70 Å². The van der Waals surface area contributed by atoms with E-state index >= 15 is 0 Å². The summed E-state index contributed by atoms with van der Waals surface area (Å²) in [6, 6.07) is 19.4. The van der Waals surface area contributed by atoms with Crippen LogP contribution in [0.3, 0.4) is 0 Å². The molecule has 0 radical (unpaired) electrons. The number of anilines is 2. The number of benzene rings is 4. The maximum Gasteiger partial charge on any atom is 0.428 e. The van der Waals surface area contributed by atoms with Gasteiger partial charge in [-0.05, 0) is 79.1 Å². The minimum absolute atomic E-state index is 0.00794. The summed E-state index contributed by atoms with van der Waals surface area (Å²) >= 11 is 5.92. The Balaban J connectivity index is 1.41. The van der Waals surface area contributed by atoms with Gasteiger partial charge in [0.15, 0.2) is 0 Å². The van der Waals surface area contributed by atoms with Crippen molar-refractivity contribution in [2.24, 2.45) is 0 Å². The van der Waals surface area contributed by atoms with Crippen LogP contribution in [-0.4, -0.2) is 22.9 Å². The zero-order valence-electron chi connectivity index (χ0n) is 24.5. The molecular weight excluding hydrogens is 639 g/mol. The molecule has 1 heterocycles. The van der Waals surface area contributed by atoms with Gasteiger partial charge in [-0.15, -0.1) is 0 Å². The molecule has 238 valence electrons. The SMILES string of the molecule is Cc1cc(C2(C(F)(F)F)C=C(c3ccc(Cl)cc3)NO2)cc(C)c1NC(=O)c1ccc(C#N)c(NC(=O)c2ccc([N+](=O)[O-])cc2)c1. The van der Waals surface area contributed by atoms with Crippen molar-refractivity contribution in [1.82, 2.24) is 5.48 Å². The first-order valence-corrected chi connectivity index (χ1v) is 14.1. The van der Waals surface area contributed by atoms with Gasteiger partial charge in [0, 0.05) is 39.5 Å². The third-order valence-corrected chi connectivity index (χ3v) is 7.69. The maximum absolute atomic E-state index is 14.6. The number of carbonyl (C=O) groups excluding carboxylic acids is 2. The van der Waals surface area contributed by atoms with Gasteiger partial charge < -0.3 is 10.6 Å². The predicted molar refractivity (Wildman–Crippen MR) is 167 cm³/mol. The highest BCUT2D eigenvalue weighted by Gasteiger charge is 2.59. The topological polar surface area (TPSA) is 146 Å². The fraction of sp³-hybridized carbons (Fsp3) is 0.121. The van der Waals surface area contributed by atoms with Crippen molar-refractivity contribution in [3.8, 4) is 6.07 Å². The molecule has 47 heavy (non-hydrogen) atoms. The highest BCUT2D eigenvalue weighted by atomic mass is 35.5. The van der Waals surface area contributed by atoms with Gasteiger partial charge in [-0.25, -0.2) is 0 Å². The fourth-order valence-electron chi connectivity index (χ4n) is 4.99. The van der Waals surface area contributed by atoms with E-state index in [-0.39, 0.29) is 45.0 Å². The van der Waals surface area contributed by atoms with Crippen LogP contribution >= 0.6 is 11.6 Å². The normalized spacial score (nSPS) is 15.6. The molecule has 5 rings (SSSR count). The van der Waals surface area contributed by atoms with E-state index in [9.17, 15) is 38.1 Å². The summed E-state index contributed by atoms with van der Waals surface area (Å²) in [4.78, 5) is 41.6. The molecule has 0 spiro atoms. The summed E-state index contributed by atoms with van der Waals surface area (Å²) in [5.41, 5.74) is 0.715. The number of carbonyl (C=O) groups is 2. The van der Waals surface area contributed by atoms with E-state index in [0.29, 0.717) is 21.7 Å². The van der Waals surface area contributed by atoms with E-state index in [1.54, 1.807) is 24.3 Å². The number of nitrogens with zero attached hydrogens (tertiary/aromatic N) is 2. The summed E-state index contributed by atoms with van der Waals surface area (Å²) in [6.45, 7) is 3.08. The van der Waals surface area contributed by atoms with Gasteiger partial charge in [-0.3, -0.25) is 30.0 Å². The number of nitro groups is 1. The molecule has 0 aromatic heterocycles. The van der Waals surface area contributed by atoms with Gasteiger partial charge in [0.1, 0.15) is 6.07 Å². The van der Waals surface area contributed by atoms with Crippen LogP contribution in [0, 0.1) is 35.3 Å². The van der Waals surface area contributed by atoms with Crippen LogP contribution in [0.4, 0.5) is 30.2 Å². The molecule has 0 saturated heterocycles. The summed E-state index contributed by atoms with van der Waals surface area (Å²) in [5.74, 6) is -1.33. The first-order chi connectivity index (χ1) is 22.2. The number of rotatable bonds is 7. The van der Waals surface area contributed by atoms with Gasteiger partial charge >= 0.3 is 6.18 Å². The van der Waals surface area contributed by atoms with Crippen molar-refractivity contribution in [2.45, 2.75) is 25.6 Å². The first-order valence-electron chi connectivity index (χ1n) is 13.7. The smallest absolute Gasteiger partial charge is 0.322 e. The molecule has 1 atom stereocenters. The third-order valence-electron chi connectivity index (χ3n) is 7.44. The second-order valence-corrected chi connectivity index (χ2v) is 11.0. The molecule has 4 aromatic carbocycles. The molecule has 0 aliphatic carbocycles. The average Bonchev–Trinajstić information content (AvgIpc) is 3.50. The van der Waals surface area contributed by atoms with Crippen molar-refractivity contribution in [3.63, 3.8) is 0 Å². The Morgan fingerprint density at radius 3 is 2.11 bits per heavy atom. The zero-order chi connectivity index (χ0) is 34.1. The lowest BCUT2D eigenvalue weighted by molar-refractivity contribution is -0.384. The standard InChI is InChI=1S/C33H23ClF3N5O5/c1-18-13-24(32(33(35,36)37)16-28(41-47-32)20-5-9-25(34)10-6-20)14-19(2)29(18)40-31(44)22-3-4-23(17-38)27(15-22)39-30(43)21-7-11-26(12-8-21)42(45)46/h3-16,41H,1-2H3,(H,39,43)(H,40,44). The Hall–Kier alpha value is -5.71. The fourth-order valence-corrected chi connectivity index (χ4v) is 5.12. The number of halogens is 4. The van der Waals surface area contributed by atoms with E-state index < -0.39 is 28.5 Å². The van der Waals surface area contributed by atoms with Crippen LogP contribution in [-0.2, 0) is 10.4 Å². The monoisotopic (exact) mass is 661 g/mol. The molecule has 14 heteroatoms. The number of amides is 2. The summed E-state index contributed by atoms with van der Waals surface area (Å²) in [7, 11) is 0. The van der Waals surface area contributed by atoms with E-state index in [1.165, 1.54) is 56.3 Å². The molecule has 0 saturated carbocycles. The number of alkyl halides is 3. The molecule has 2 amide bonds. The third kappa shape index (κ3) is 6.51. The largest absolute Gasteiger partial charge is 0.428 e. The van der Waals surface area contributed by atoms with Gasteiger partial charge in [0.2, 0.25) is 5.60 Å². The van der Waals surface area contributed by atoms with Gasteiger partial charge in [0.25, 0.3) is 17.5 Å². The summed E-state index contributed by atoms with van der Waals surface area (Å²) < 4.78 is 43.9. The van der Waals surface area contributed by atoms with Crippen LogP contribution in [0.15, 0.2) is 84.9 Å². The first kappa shape index (κ1) is 32.7. The molecule has 0 bridgehead atoms. The molecule has 1 aliphatic rings. The molecule has 4 aromatic rings. The Kier molecular flexibility index (Phi) is 8.75. The number of aryl methyl sites for hydroxylation is 2. The highest BCUT2D eigenvalue weighted by molar-refractivity contribution is 6.30. The number of hydrogen-bond acceptors (Lipinski definition) is 7. The number of nitrogens with one attached hydrogen (secondary N) is 3. The van der Waals surface area contributed by atoms with Gasteiger partial charge in [-0.1, -0.05) is 35.9 Å². The lowest BCUT2D eigenvalue weighted by Gasteiger charge is -2.29.